The Balaban J connectivity index is 1.78. The molecule has 0 aliphatic heterocycles. The number of anilines is 3. The zero-order valence-corrected chi connectivity index (χ0v) is 16.4. The van der Waals surface area contributed by atoms with Gasteiger partial charge < -0.3 is 24.8 Å². The van der Waals surface area contributed by atoms with E-state index in [-0.39, 0.29) is 5.69 Å². The van der Waals surface area contributed by atoms with Gasteiger partial charge in [-0.15, -0.1) is 0 Å². The molecule has 0 saturated carbocycles. The number of aromatic nitrogens is 2. The second-order valence-corrected chi connectivity index (χ2v) is 5.86. The van der Waals surface area contributed by atoms with Gasteiger partial charge in [-0.3, -0.25) is 4.79 Å². The molecular formula is C21H22N4O4. The van der Waals surface area contributed by atoms with Crippen molar-refractivity contribution in [3.8, 4) is 17.2 Å². The molecule has 3 rings (SSSR count). The summed E-state index contributed by atoms with van der Waals surface area (Å²) < 4.78 is 16.1. The third-order valence-electron chi connectivity index (χ3n) is 4.01. The number of nitrogens with zero attached hydrogens (tertiary/aromatic N) is 2. The van der Waals surface area contributed by atoms with Gasteiger partial charge >= 0.3 is 0 Å². The molecule has 0 fully saturated rings. The predicted octanol–water partition coefficient (Wildman–Crippen LogP) is 3.89. The Kier molecular flexibility index (Phi) is 6.47. The first-order valence-corrected chi connectivity index (χ1v) is 8.99. The molecule has 1 aromatic heterocycles. The van der Waals surface area contributed by atoms with Crippen LogP contribution < -0.4 is 24.8 Å². The Labute approximate surface area is 168 Å². The van der Waals surface area contributed by atoms with Crippen LogP contribution >= 0.6 is 0 Å². The van der Waals surface area contributed by atoms with Gasteiger partial charge in [0.1, 0.15) is 35.1 Å². The maximum atomic E-state index is 12.7. The molecule has 0 aliphatic rings. The topological polar surface area (TPSA) is 94.6 Å². The van der Waals surface area contributed by atoms with Crippen LogP contribution in [-0.2, 0) is 0 Å². The second kappa shape index (κ2) is 9.41. The lowest BCUT2D eigenvalue weighted by Gasteiger charge is -2.13. The number of carbonyl (C=O) groups excluding carboxylic acids is 1. The van der Waals surface area contributed by atoms with E-state index in [1.54, 1.807) is 31.4 Å². The molecule has 0 bridgehead atoms. The third-order valence-corrected chi connectivity index (χ3v) is 4.01. The fraction of sp³-hybridized carbons (Fsp3) is 0.190. The van der Waals surface area contributed by atoms with Crippen LogP contribution in [0.5, 0.6) is 17.2 Å². The van der Waals surface area contributed by atoms with Gasteiger partial charge in [-0.25, -0.2) is 9.97 Å². The SMILES string of the molecule is CCOc1ccccc1Nc1cc(C(=O)Nc2ccc(OC)cc2OC)ncn1. The van der Waals surface area contributed by atoms with Gasteiger partial charge in [0.2, 0.25) is 0 Å². The predicted molar refractivity (Wildman–Crippen MR) is 110 cm³/mol. The van der Waals surface area contributed by atoms with E-state index in [2.05, 4.69) is 20.6 Å². The number of nitrogens with one attached hydrogen (secondary N) is 2. The number of hydrogen-bond donors (Lipinski definition) is 2. The highest BCUT2D eigenvalue weighted by atomic mass is 16.5. The van der Waals surface area contributed by atoms with E-state index in [4.69, 9.17) is 14.2 Å². The van der Waals surface area contributed by atoms with Crippen molar-refractivity contribution < 1.29 is 19.0 Å². The normalized spacial score (nSPS) is 10.2. The maximum absolute atomic E-state index is 12.7. The van der Waals surface area contributed by atoms with Crippen LogP contribution in [0.15, 0.2) is 54.9 Å². The summed E-state index contributed by atoms with van der Waals surface area (Å²) in [5, 5.41) is 5.95. The fourth-order valence-electron chi connectivity index (χ4n) is 2.63. The molecule has 0 aliphatic carbocycles. The van der Waals surface area contributed by atoms with Crippen molar-refractivity contribution in [1.82, 2.24) is 9.97 Å². The van der Waals surface area contributed by atoms with E-state index in [0.717, 1.165) is 5.69 Å². The van der Waals surface area contributed by atoms with Gasteiger partial charge in [0, 0.05) is 12.1 Å². The van der Waals surface area contributed by atoms with Crippen molar-refractivity contribution in [2.45, 2.75) is 6.92 Å². The van der Waals surface area contributed by atoms with Crippen LogP contribution in [-0.4, -0.2) is 36.7 Å². The molecule has 0 saturated heterocycles. The maximum Gasteiger partial charge on any atom is 0.274 e. The summed E-state index contributed by atoms with van der Waals surface area (Å²) in [6.45, 7) is 2.46. The summed E-state index contributed by atoms with van der Waals surface area (Å²) in [6.07, 6.45) is 1.33. The highest BCUT2D eigenvalue weighted by Gasteiger charge is 2.13. The Morgan fingerprint density at radius 3 is 2.55 bits per heavy atom. The number of methoxy groups -OCH3 is 2. The minimum absolute atomic E-state index is 0.203. The molecule has 1 amide bonds. The third kappa shape index (κ3) is 4.92. The summed E-state index contributed by atoms with van der Waals surface area (Å²) in [5.41, 5.74) is 1.46. The number of para-hydroxylation sites is 2. The zero-order valence-electron chi connectivity index (χ0n) is 16.4. The minimum Gasteiger partial charge on any atom is -0.497 e. The van der Waals surface area contributed by atoms with E-state index in [0.29, 0.717) is 35.4 Å². The van der Waals surface area contributed by atoms with Gasteiger partial charge in [-0.2, -0.15) is 0 Å². The quantitative estimate of drug-likeness (QED) is 0.598. The van der Waals surface area contributed by atoms with E-state index in [9.17, 15) is 4.79 Å². The molecule has 0 spiro atoms. The van der Waals surface area contributed by atoms with Crippen LogP contribution in [0.3, 0.4) is 0 Å². The molecule has 0 radical (unpaired) electrons. The molecule has 8 heteroatoms. The van der Waals surface area contributed by atoms with Gasteiger partial charge in [-0.05, 0) is 31.2 Å². The van der Waals surface area contributed by atoms with Crippen molar-refractivity contribution in [3.05, 3.63) is 60.6 Å². The minimum atomic E-state index is -0.392. The average molecular weight is 394 g/mol. The van der Waals surface area contributed by atoms with Crippen LogP contribution in [0.4, 0.5) is 17.2 Å². The van der Waals surface area contributed by atoms with Crippen molar-refractivity contribution in [2.24, 2.45) is 0 Å². The Morgan fingerprint density at radius 1 is 0.966 bits per heavy atom. The molecule has 29 heavy (non-hydrogen) atoms. The molecule has 150 valence electrons. The van der Waals surface area contributed by atoms with Crippen molar-refractivity contribution >= 4 is 23.1 Å². The number of rotatable bonds is 8. The molecule has 2 N–H and O–H groups in total. The summed E-state index contributed by atoms with van der Waals surface area (Å²) in [6, 6.07) is 14.2. The van der Waals surface area contributed by atoms with Crippen molar-refractivity contribution in [2.75, 3.05) is 31.5 Å². The zero-order chi connectivity index (χ0) is 20.6. The molecule has 8 nitrogen and oxygen atoms in total. The van der Waals surface area contributed by atoms with E-state index in [1.807, 2.05) is 31.2 Å². The first-order chi connectivity index (χ1) is 14.1. The molecule has 1 heterocycles. The summed E-state index contributed by atoms with van der Waals surface area (Å²) >= 11 is 0. The first-order valence-electron chi connectivity index (χ1n) is 8.99. The van der Waals surface area contributed by atoms with Gasteiger partial charge in [0.05, 0.1) is 32.2 Å². The summed E-state index contributed by atoms with van der Waals surface area (Å²) in [4.78, 5) is 20.9. The first kappa shape index (κ1) is 19.9. The standard InChI is InChI=1S/C21H22N4O4/c1-4-29-18-8-6-5-7-15(18)24-20-12-17(22-13-23-20)21(26)25-16-10-9-14(27-2)11-19(16)28-3/h5-13H,4H2,1-3H3,(H,25,26)(H,22,23,24). The van der Waals surface area contributed by atoms with E-state index in [1.165, 1.54) is 13.4 Å². The number of ether oxygens (including phenoxy) is 3. The monoisotopic (exact) mass is 394 g/mol. The highest BCUT2D eigenvalue weighted by molar-refractivity contribution is 6.04. The second-order valence-electron chi connectivity index (χ2n) is 5.86. The van der Waals surface area contributed by atoms with Crippen LogP contribution in [0, 0.1) is 0 Å². The molecule has 0 atom stereocenters. The van der Waals surface area contributed by atoms with Crippen molar-refractivity contribution in [3.63, 3.8) is 0 Å². The lowest BCUT2D eigenvalue weighted by molar-refractivity contribution is 0.102. The van der Waals surface area contributed by atoms with Crippen LogP contribution in [0.2, 0.25) is 0 Å². The Hall–Kier alpha value is -3.81. The number of hydrogen-bond acceptors (Lipinski definition) is 7. The molecule has 2 aromatic carbocycles. The van der Waals surface area contributed by atoms with Gasteiger partial charge in [-0.1, -0.05) is 12.1 Å². The van der Waals surface area contributed by atoms with E-state index >= 15 is 0 Å². The number of amides is 1. The summed E-state index contributed by atoms with van der Waals surface area (Å²) in [5.74, 6) is 1.88. The van der Waals surface area contributed by atoms with Crippen LogP contribution in [0.1, 0.15) is 17.4 Å². The number of carbonyl (C=O) groups is 1. The number of benzene rings is 2. The van der Waals surface area contributed by atoms with Crippen LogP contribution in [0.25, 0.3) is 0 Å². The smallest absolute Gasteiger partial charge is 0.274 e. The highest BCUT2D eigenvalue weighted by Crippen LogP contribution is 2.30. The molecule has 3 aromatic rings. The molecule has 0 unspecified atom stereocenters. The largest absolute Gasteiger partial charge is 0.497 e. The van der Waals surface area contributed by atoms with Crippen molar-refractivity contribution in [1.29, 1.82) is 0 Å². The average Bonchev–Trinajstić information content (AvgIpc) is 2.75. The van der Waals surface area contributed by atoms with E-state index < -0.39 is 5.91 Å². The fourth-order valence-corrected chi connectivity index (χ4v) is 2.63. The lowest BCUT2D eigenvalue weighted by atomic mass is 10.2. The van der Waals surface area contributed by atoms with Gasteiger partial charge in [0.15, 0.2) is 0 Å². The Morgan fingerprint density at radius 2 is 1.79 bits per heavy atom. The Bertz CT molecular complexity index is 994. The lowest BCUT2D eigenvalue weighted by Crippen LogP contribution is -2.15. The summed E-state index contributed by atoms with van der Waals surface area (Å²) in [7, 11) is 3.08. The molecular weight excluding hydrogens is 372 g/mol. The van der Waals surface area contributed by atoms with Gasteiger partial charge in [0.25, 0.3) is 5.91 Å².